The van der Waals surface area contributed by atoms with Crippen molar-refractivity contribution < 1.29 is 4.42 Å². The van der Waals surface area contributed by atoms with Gasteiger partial charge in [-0.1, -0.05) is 13.8 Å². The smallest absolute Gasteiger partial charge is 0.299 e. The molecule has 1 saturated heterocycles. The summed E-state index contributed by atoms with van der Waals surface area (Å²) in [4.78, 5) is 23.1. The fourth-order valence-corrected chi connectivity index (χ4v) is 5.05. The molecule has 1 fully saturated rings. The first kappa shape index (κ1) is 19.0. The Balaban J connectivity index is 1.29. The number of hydrogen-bond acceptors (Lipinski definition) is 7. The van der Waals surface area contributed by atoms with E-state index >= 15 is 0 Å². The molecule has 0 amide bonds. The molecule has 0 radical (unpaired) electrons. The predicted octanol–water partition coefficient (Wildman–Crippen LogP) is 4.23. The van der Waals surface area contributed by atoms with Crippen LogP contribution in [-0.2, 0) is 0 Å². The van der Waals surface area contributed by atoms with E-state index in [-0.39, 0.29) is 11.5 Å². The van der Waals surface area contributed by atoms with Crippen LogP contribution in [0.5, 0.6) is 0 Å². The molecule has 0 spiro atoms. The van der Waals surface area contributed by atoms with Crippen molar-refractivity contribution in [1.29, 1.82) is 0 Å². The highest BCUT2D eigenvalue weighted by atomic mass is 16.4. The second-order valence-corrected chi connectivity index (χ2v) is 8.75. The standard InChI is InChI=1S/C23H24N8O/c1-3-18(31-12-15(11-28-31)19-16-6-9-24-20(16)27-14-26-19)23(2)7-10-30(13-23)22-29-17-5-4-8-25-21(17)32-22/h4-6,8-9,11-12,14,18H,3,7,10,13H2,1-2H3,(H,24,26,27). The van der Waals surface area contributed by atoms with E-state index in [0.717, 1.165) is 53.7 Å². The molecule has 6 heterocycles. The van der Waals surface area contributed by atoms with Crippen LogP contribution < -0.4 is 4.90 Å². The Morgan fingerprint density at radius 1 is 1.25 bits per heavy atom. The van der Waals surface area contributed by atoms with E-state index in [1.807, 2.05) is 30.6 Å². The Morgan fingerprint density at radius 3 is 3.06 bits per heavy atom. The molecule has 0 aliphatic carbocycles. The lowest BCUT2D eigenvalue weighted by Gasteiger charge is -2.33. The van der Waals surface area contributed by atoms with Crippen LogP contribution in [-0.4, -0.2) is 47.8 Å². The maximum atomic E-state index is 5.92. The minimum absolute atomic E-state index is 0.0290. The second-order valence-electron chi connectivity index (χ2n) is 8.75. The Hall–Kier alpha value is -3.75. The minimum atomic E-state index is 0.0290. The van der Waals surface area contributed by atoms with Gasteiger partial charge in [-0.15, -0.1) is 0 Å². The van der Waals surface area contributed by atoms with Crippen molar-refractivity contribution in [1.82, 2.24) is 34.7 Å². The fraction of sp³-hybridized carbons (Fsp3) is 0.348. The number of pyridine rings is 1. The van der Waals surface area contributed by atoms with Crippen molar-refractivity contribution in [3.8, 4) is 11.3 Å². The lowest BCUT2D eigenvalue weighted by Crippen LogP contribution is -2.33. The van der Waals surface area contributed by atoms with Crippen molar-refractivity contribution in [2.45, 2.75) is 32.7 Å². The van der Waals surface area contributed by atoms with Gasteiger partial charge in [0.2, 0.25) is 5.71 Å². The molecular weight excluding hydrogens is 404 g/mol. The van der Waals surface area contributed by atoms with Gasteiger partial charge in [0, 0.05) is 48.0 Å². The summed E-state index contributed by atoms with van der Waals surface area (Å²) in [5.41, 5.74) is 4.14. The summed E-state index contributed by atoms with van der Waals surface area (Å²) >= 11 is 0. The number of fused-ring (bicyclic) bond motifs is 2. The zero-order valence-corrected chi connectivity index (χ0v) is 18.1. The number of rotatable bonds is 5. The molecule has 9 nitrogen and oxygen atoms in total. The lowest BCUT2D eigenvalue weighted by molar-refractivity contribution is 0.195. The van der Waals surface area contributed by atoms with Crippen LogP contribution in [0, 0.1) is 5.41 Å². The second kappa shape index (κ2) is 7.15. The largest absolute Gasteiger partial charge is 0.404 e. The Labute approximate surface area is 184 Å². The first-order valence-electron chi connectivity index (χ1n) is 10.9. The first-order chi connectivity index (χ1) is 15.6. The number of oxazole rings is 1. The summed E-state index contributed by atoms with van der Waals surface area (Å²) < 4.78 is 8.03. The highest BCUT2D eigenvalue weighted by Gasteiger charge is 2.42. The Bertz CT molecular complexity index is 1370. The molecule has 1 N–H and O–H groups in total. The van der Waals surface area contributed by atoms with Gasteiger partial charge in [0.1, 0.15) is 17.5 Å². The van der Waals surface area contributed by atoms with Gasteiger partial charge in [0.05, 0.1) is 17.9 Å². The van der Waals surface area contributed by atoms with Crippen LogP contribution >= 0.6 is 0 Å². The topological polar surface area (TPSA) is 102 Å². The number of H-pyrrole nitrogens is 1. The minimum Gasteiger partial charge on any atom is -0.404 e. The fourth-order valence-electron chi connectivity index (χ4n) is 5.05. The number of aromatic amines is 1. The average Bonchev–Trinajstić information content (AvgIpc) is 3.59. The highest BCUT2D eigenvalue weighted by Crippen LogP contribution is 2.44. The van der Waals surface area contributed by atoms with Gasteiger partial charge in [0.25, 0.3) is 6.01 Å². The third-order valence-electron chi connectivity index (χ3n) is 6.67. The van der Waals surface area contributed by atoms with Crippen molar-refractivity contribution in [2.75, 3.05) is 18.0 Å². The van der Waals surface area contributed by atoms with Crippen LogP contribution in [0.2, 0.25) is 0 Å². The molecule has 162 valence electrons. The van der Waals surface area contributed by atoms with E-state index in [4.69, 9.17) is 9.52 Å². The summed E-state index contributed by atoms with van der Waals surface area (Å²) in [7, 11) is 0. The Kier molecular flexibility index (Phi) is 4.24. The van der Waals surface area contributed by atoms with E-state index < -0.39 is 0 Å². The highest BCUT2D eigenvalue weighted by molar-refractivity contribution is 5.90. The molecule has 0 bridgehead atoms. The maximum Gasteiger partial charge on any atom is 0.299 e. The molecule has 2 atom stereocenters. The van der Waals surface area contributed by atoms with Crippen LogP contribution in [0.1, 0.15) is 32.7 Å². The van der Waals surface area contributed by atoms with E-state index in [0.29, 0.717) is 11.7 Å². The molecule has 32 heavy (non-hydrogen) atoms. The number of nitrogens with zero attached hydrogens (tertiary/aromatic N) is 7. The lowest BCUT2D eigenvalue weighted by atomic mass is 9.80. The zero-order chi connectivity index (χ0) is 21.7. The van der Waals surface area contributed by atoms with Gasteiger partial charge >= 0.3 is 0 Å². The quantitative estimate of drug-likeness (QED) is 0.447. The number of nitrogens with one attached hydrogen (secondary N) is 1. The Morgan fingerprint density at radius 2 is 2.19 bits per heavy atom. The molecular formula is C23H24N8O. The molecule has 9 heteroatoms. The number of anilines is 1. The van der Waals surface area contributed by atoms with Gasteiger partial charge < -0.3 is 14.3 Å². The molecule has 5 aromatic heterocycles. The van der Waals surface area contributed by atoms with Crippen molar-refractivity contribution in [3.05, 3.63) is 49.3 Å². The average molecular weight is 429 g/mol. The molecule has 6 rings (SSSR count). The third kappa shape index (κ3) is 2.96. The van der Waals surface area contributed by atoms with Gasteiger partial charge in [-0.05, 0) is 31.0 Å². The zero-order valence-electron chi connectivity index (χ0n) is 18.1. The monoisotopic (exact) mass is 428 g/mol. The summed E-state index contributed by atoms with van der Waals surface area (Å²) in [6.45, 7) is 6.30. The summed E-state index contributed by atoms with van der Waals surface area (Å²) in [6.07, 6.45) is 11.2. The number of hydrogen-bond donors (Lipinski definition) is 1. The SMILES string of the molecule is CCC(n1cc(-c2ncnc3[nH]ccc23)cn1)C1(C)CCN(c2nc3cccnc3o2)C1. The maximum absolute atomic E-state index is 5.92. The summed E-state index contributed by atoms with van der Waals surface area (Å²) in [5, 5.41) is 5.76. The van der Waals surface area contributed by atoms with E-state index in [1.165, 1.54) is 0 Å². The first-order valence-corrected chi connectivity index (χ1v) is 10.9. The summed E-state index contributed by atoms with van der Waals surface area (Å²) in [6, 6.07) is 6.70. The predicted molar refractivity (Wildman–Crippen MR) is 121 cm³/mol. The molecule has 2 unspecified atom stereocenters. The van der Waals surface area contributed by atoms with Crippen LogP contribution in [0.15, 0.2) is 53.7 Å². The van der Waals surface area contributed by atoms with Crippen molar-refractivity contribution >= 4 is 28.3 Å². The molecule has 1 aliphatic rings. The van der Waals surface area contributed by atoms with Crippen LogP contribution in [0.25, 0.3) is 33.5 Å². The van der Waals surface area contributed by atoms with E-state index in [9.17, 15) is 0 Å². The van der Waals surface area contributed by atoms with Gasteiger partial charge in [-0.25, -0.2) is 15.0 Å². The number of aromatic nitrogens is 7. The van der Waals surface area contributed by atoms with Crippen LogP contribution in [0.3, 0.4) is 0 Å². The molecule has 0 aromatic carbocycles. The van der Waals surface area contributed by atoms with E-state index in [1.54, 1.807) is 12.5 Å². The summed E-state index contributed by atoms with van der Waals surface area (Å²) in [5.74, 6) is 0. The van der Waals surface area contributed by atoms with Gasteiger partial charge in [-0.2, -0.15) is 10.1 Å². The van der Waals surface area contributed by atoms with Gasteiger partial charge in [-0.3, -0.25) is 4.68 Å². The van der Waals surface area contributed by atoms with Gasteiger partial charge in [0.15, 0.2) is 0 Å². The van der Waals surface area contributed by atoms with Crippen molar-refractivity contribution in [2.24, 2.45) is 5.41 Å². The third-order valence-corrected chi connectivity index (χ3v) is 6.67. The molecule has 1 aliphatic heterocycles. The van der Waals surface area contributed by atoms with Crippen LogP contribution in [0.4, 0.5) is 6.01 Å². The molecule has 0 saturated carbocycles. The van der Waals surface area contributed by atoms with Crippen molar-refractivity contribution in [3.63, 3.8) is 0 Å². The van der Waals surface area contributed by atoms with E-state index in [2.05, 4.69) is 54.5 Å². The molecule has 5 aromatic rings. The normalized spacial score (nSPS) is 19.9.